The molecule has 0 bridgehead atoms. The fraction of sp³-hybridized carbons (Fsp3) is 0.593. The SMILES string of the molecule is CC1(C)C2=C(CN1C(=O)[C@H](OC1CC1)c1ccccc1)C(NC(=O)C1([Si](C)(C)C)CCC1)=NC2. The average Bonchev–Trinajstić information content (AvgIpc) is 3.40. The summed E-state index contributed by atoms with van der Waals surface area (Å²) < 4.78 is 6.23. The second kappa shape index (κ2) is 8.16. The van der Waals surface area contributed by atoms with Gasteiger partial charge >= 0.3 is 0 Å². The first kappa shape index (κ1) is 23.5. The van der Waals surface area contributed by atoms with Crippen LogP contribution in [-0.2, 0) is 14.3 Å². The summed E-state index contributed by atoms with van der Waals surface area (Å²) >= 11 is 0. The van der Waals surface area contributed by atoms with Crippen LogP contribution in [0.4, 0.5) is 0 Å². The topological polar surface area (TPSA) is 71.0 Å². The minimum Gasteiger partial charge on any atom is -0.360 e. The fourth-order valence-corrected chi connectivity index (χ4v) is 8.33. The lowest BCUT2D eigenvalue weighted by Gasteiger charge is -2.49. The fourth-order valence-electron chi connectivity index (χ4n) is 5.73. The van der Waals surface area contributed by atoms with Crippen molar-refractivity contribution in [1.82, 2.24) is 10.2 Å². The third kappa shape index (κ3) is 3.77. The van der Waals surface area contributed by atoms with Gasteiger partial charge in [0.2, 0.25) is 5.91 Å². The van der Waals surface area contributed by atoms with Gasteiger partial charge in [-0.3, -0.25) is 14.6 Å². The van der Waals surface area contributed by atoms with Crippen LogP contribution >= 0.6 is 0 Å². The summed E-state index contributed by atoms with van der Waals surface area (Å²) in [7, 11) is -1.68. The zero-order valence-corrected chi connectivity index (χ0v) is 22.1. The lowest BCUT2D eigenvalue weighted by molar-refractivity contribution is -0.148. The Morgan fingerprint density at radius 1 is 1.15 bits per heavy atom. The zero-order chi connectivity index (χ0) is 24.3. The van der Waals surface area contributed by atoms with Gasteiger partial charge in [-0.25, -0.2) is 0 Å². The molecule has 2 heterocycles. The van der Waals surface area contributed by atoms with Crippen LogP contribution in [0.15, 0.2) is 46.5 Å². The number of benzene rings is 1. The molecule has 0 aromatic heterocycles. The quantitative estimate of drug-likeness (QED) is 0.606. The maximum absolute atomic E-state index is 13.9. The molecule has 0 saturated heterocycles. The van der Waals surface area contributed by atoms with Crippen LogP contribution in [-0.4, -0.2) is 55.4 Å². The molecule has 34 heavy (non-hydrogen) atoms. The standard InChI is InChI=1S/C27H37N3O3Si/c1-26(2)21-16-28-23(29-25(32)27(14-9-15-27)34(3,4)5)20(21)17-30(26)24(31)22(33-19-12-13-19)18-10-7-6-8-11-18/h6-8,10-11,19,22H,9,12-17H2,1-5H3,(H,28,29,32)/t22-/m1/s1. The van der Waals surface area contributed by atoms with Gasteiger partial charge in [0.1, 0.15) is 5.84 Å². The van der Waals surface area contributed by atoms with Crippen LogP contribution in [0, 0.1) is 0 Å². The normalized spacial score (nSPS) is 23.8. The number of aliphatic imine (C=N–C) groups is 1. The lowest BCUT2D eigenvalue weighted by Crippen LogP contribution is -2.55. The molecule has 7 heteroatoms. The molecule has 1 N–H and O–H groups in total. The number of ether oxygens (including phenoxy) is 1. The van der Waals surface area contributed by atoms with Crippen molar-refractivity contribution in [2.45, 2.75) is 88.4 Å². The van der Waals surface area contributed by atoms with Crippen molar-refractivity contribution in [1.29, 1.82) is 0 Å². The summed E-state index contributed by atoms with van der Waals surface area (Å²) in [6.07, 6.45) is 4.65. The number of amides is 2. The molecule has 2 amide bonds. The summed E-state index contributed by atoms with van der Waals surface area (Å²) in [4.78, 5) is 34.0. The molecule has 1 atom stereocenters. The van der Waals surface area contributed by atoms with E-state index in [0.717, 1.165) is 48.8 Å². The maximum atomic E-state index is 13.9. The van der Waals surface area contributed by atoms with Gasteiger partial charge in [0, 0.05) is 10.6 Å². The predicted molar refractivity (Wildman–Crippen MR) is 136 cm³/mol. The molecule has 4 aliphatic rings. The van der Waals surface area contributed by atoms with E-state index in [4.69, 9.17) is 9.73 Å². The summed E-state index contributed by atoms with van der Waals surface area (Å²) in [6.45, 7) is 12.0. The van der Waals surface area contributed by atoms with Crippen LogP contribution in [0.3, 0.4) is 0 Å². The molecule has 2 saturated carbocycles. The Balaban J connectivity index is 1.36. The first-order valence-electron chi connectivity index (χ1n) is 12.7. The summed E-state index contributed by atoms with van der Waals surface area (Å²) in [5.41, 5.74) is 2.56. The summed E-state index contributed by atoms with van der Waals surface area (Å²) in [6, 6.07) is 9.80. The summed E-state index contributed by atoms with van der Waals surface area (Å²) in [5, 5.41) is 3.01. The van der Waals surface area contributed by atoms with E-state index in [1.807, 2.05) is 35.2 Å². The largest absolute Gasteiger partial charge is 0.360 e. The van der Waals surface area contributed by atoms with Crippen molar-refractivity contribution in [3.05, 3.63) is 47.0 Å². The van der Waals surface area contributed by atoms with Crippen molar-refractivity contribution in [3.63, 3.8) is 0 Å². The average molecular weight is 480 g/mol. The van der Waals surface area contributed by atoms with Crippen molar-refractivity contribution in [3.8, 4) is 0 Å². The molecule has 2 aliphatic heterocycles. The number of hydrogen-bond donors (Lipinski definition) is 1. The molecular weight excluding hydrogens is 442 g/mol. The Labute approximate surface area is 203 Å². The number of carbonyl (C=O) groups excluding carboxylic acids is 2. The van der Waals surface area contributed by atoms with Crippen molar-refractivity contribution in [2.75, 3.05) is 13.1 Å². The zero-order valence-electron chi connectivity index (χ0n) is 21.1. The molecule has 0 radical (unpaired) electrons. The van der Waals surface area contributed by atoms with Crippen LogP contribution in [0.1, 0.15) is 57.6 Å². The van der Waals surface area contributed by atoms with Crippen LogP contribution in [0.5, 0.6) is 0 Å². The lowest BCUT2D eigenvalue weighted by atomic mass is 9.83. The molecule has 0 spiro atoms. The van der Waals surface area contributed by atoms with Gasteiger partial charge < -0.3 is 15.0 Å². The smallest absolute Gasteiger partial charge is 0.257 e. The summed E-state index contributed by atoms with van der Waals surface area (Å²) in [5.74, 6) is 0.792. The van der Waals surface area contributed by atoms with E-state index in [0.29, 0.717) is 18.9 Å². The van der Waals surface area contributed by atoms with Gasteiger partial charge in [0.05, 0.1) is 32.8 Å². The minimum absolute atomic E-state index is 0.0132. The molecule has 0 unspecified atom stereocenters. The van der Waals surface area contributed by atoms with Gasteiger partial charge in [-0.15, -0.1) is 0 Å². The van der Waals surface area contributed by atoms with E-state index in [9.17, 15) is 9.59 Å². The molecule has 1 aromatic carbocycles. The molecular formula is C27H37N3O3Si. The highest BCUT2D eigenvalue weighted by atomic mass is 28.3. The van der Waals surface area contributed by atoms with E-state index in [2.05, 4.69) is 38.8 Å². The molecule has 2 fully saturated rings. The second-order valence-corrected chi connectivity index (χ2v) is 17.3. The number of amidine groups is 1. The first-order chi connectivity index (χ1) is 16.0. The Bertz CT molecular complexity index is 1060. The van der Waals surface area contributed by atoms with Crippen LogP contribution in [0.25, 0.3) is 0 Å². The Morgan fingerprint density at radius 3 is 2.38 bits per heavy atom. The molecule has 2 aliphatic carbocycles. The third-order valence-electron chi connectivity index (χ3n) is 8.53. The van der Waals surface area contributed by atoms with Crippen LogP contribution < -0.4 is 5.32 Å². The van der Waals surface area contributed by atoms with E-state index >= 15 is 0 Å². The Kier molecular flexibility index (Phi) is 5.64. The highest BCUT2D eigenvalue weighted by Gasteiger charge is 2.54. The van der Waals surface area contributed by atoms with Crippen molar-refractivity contribution < 1.29 is 14.3 Å². The second-order valence-electron chi connectivity index (χ2n) is 11.9. The molecule has 5 rings (SSSR count). The van der Waals surface area contributed by atoms with Gasteiger partial charge in [-0.2, -0.15) is 0 Å². The molecule has 182 valence electrons. The predicted octanol–water partition coefficient (Wildman–Crippen LogP) is 4.61. The van der Waals surface area contributed by atoms with Gasteiger partial charge in [0.25, 0.3) is 5.91 Å². The number of carbonyl (C=O) groups is 2. The van der Waals surface area contributed by atoms with E-state index in [-0.39, 0.29) is 23.0 Å². The Morgan fingerprint density at radius 2 is 1.82 bits per heavy atom. The monoisotopic (exact) mass is 479 g/mol. The highest BCUT2D eigenvalue weighted by Crippen LogP contribution is 2.55. The number of nitrogens with one attached hydrogen (secondary N) is 1. The molecule has 6 nitrogen and oxygen atoms in total. The third-order valence-corrected chi connectivity index (χ3v) is 12.1. The molecule has 1 aromatic rings. The van der Waals surface area contributed by atoms with Gasteiger partial charge in [-0.05, 0) is 50.7 Å². The highest BCUT2D eigenvalue weighted by molar-refractivity contribution is 6.82. The van der Waals surface area contributed by atoms with Crippen molar-refractivity contribution in [2.24, 2.45) is 4.99 Å². The number of hydrogen-bond acceptors (Lipinski definition) is 4. The maximum Gasteiger partial charge on any atom is 0.257 e. The Hall–Kier alpha value is -2.25. The van der Waals surface area contributed by atoms with Crippen LogP contribution in [0.2, 0.25) is 24.7 Å². The first-order valence-corrected chi connectivity index (χ1v) is 16.2. The van der Waals surface area contributed by atoms with Gasteiger partial charge in [0.15, 0.2) is 6.10 Å². The van der Waals surface area contributed by atoms with E-state index < -0.39 is 19.7 Å². The van der Waals surface area contributed by atoms with E-state index in [1.54, 1.807) is 0 Å². The van der Waals surface area contributed by atoms with E-state index in [1.165, 1.54) is 0 Å². The number of nitrogens with zero attached hydrogens (tertiary/aromatic N) is 2. The minimum atomic E-state index is -1.68. The number of rotatable bonds is 6. The van der Waals surface area contributed by atoms with Crippen molar-refractivity contribution >= 4 is 25.7 Å². The van der Waals surface area contributed by atoms with Gasteiger partial charge in [-0.1, -0.05) is 56.4 Å².